The summed E-state index contributed by atoms with van der Waals surface area (Å²) in [5.74, 6) is 0. The van der Waals surface area contributed by atoms with Gasteiger partial charge in [0.1, 0.15) is 0 Å². The molecule has 1 aliphatic heterocycles. The molecule has 1 atom stereocenters. The van der Waals surface area contributed by atoms with Gasteiger partial charge in [-0.1, -0.05) is 48.0 Å². The molecule has 4 nitrogen and oxygen atoms in total. The van der Waals surface area contributed by atoms with Crippen molar-refractivity contribution in [2.75, 3.05) is 26.7 Å². The van der Waals surface area contributed by atoms with Crippen molar-refractivity contribution in [3.8, 4) is 0 Å². The van der Waals surface area contributed by atoms with E-state index in [9.17, 15) is 8.42 Å². The molecule has 0 spiro atoms. The van der Waals surface area contributed by atoms with Crippen molar-refractivity contribution >= 4 is 10.0 Å². The van der Waals surface area contributed by atoms with Crippen LogP contribution in [0.1, 0.15) is 17.2 Å². The number of sulfonamides is 1. The summed E-state index contributed by atoms with van der Waals surface area (Å²) in [6.07, 6.45) is 0. The standard InChI is InChI=1S/C18H22N2O2S/c1-15-8-10-17(11-9-15)23(21,22)20-13-12-19(2)18(14-20)16-6-4-3-5-7-16/h3-11,18H,12-14H2,1-2H3. The smallest absolute Gasteiger partial charge is 0.243 e. The molecule has 0 saturated carbocycles. The van der Waals surface area contributed by atoms with Gasteiger partial charge in [-0.25, -0.2) is 8.42 Å². The van der Waals surface area contributed by atoms with Crippen molar-refractivity contribution in [1.29, 1.82) is 0 Å². The molecule has 1 unspecified atom stereocenters. The number of aryl methyl sites for hydroxylation is 1. The number of benzene rings is 2. The average molecular weight is 330 g/mol. The molecule has 2 aromatic carbocycles. The van der Waals surface area contributed by atoms with E-state index in [0.29, 0.717) is 18.0 Å². The first-order chi connectivity index (χ1) is 11.0. The van der Waals surface area contributed by atoms with E-state index in [1.54, 1.807) is 16.4 Å². The fourth-order valence-corrected chi connectivity index (χ4v) is 4.40. The van der Waals surface area contributed by atoms with Crippen LogP contribution in [-0.4, -0.2) is 44.3 Å². The maximum absolute atomic E-state index is 12.9. The van der Waals surface area contributed by atoms with Crippen LogP contribution in [0.5, 0.6) is 0 Å². The molecule has 0 radical (unpaired) electrons. The Labute approximate surface area is 138 Å². The molecule has 0 aliphatic carbocycles. The normalized spacial score (nSPS) is 20.5. The minimum Gasteiger partial charge on any atom is -0.297 e. The summed E-state index contributed by atoms with van der Waals surface area (Å²) in [6.45, 7) is 3.69. The summed E-state index contributed by atoms with van der Waals surface area (Å²) < 4.78 is 27.4. The lowest BCUT2D eigenvalue weighted by Crippen LogP contribution is -2.48. The molecular weight excluding hydrogens is 308 g/mol. The van der Waals surface area contributed by atoms with E-state index >= 15 is 0 Å². The van der Waals surface area contributed by atoms with Crippen LogP contribution in [0.3, 0.4) is 0 Å². The lowest BCUT2D eigenvalue weighted by atomic mass is 10.0. The summed E-state index contributed by atoms with van der Waals surface area (Å²) in [5.41, 5.74) is 2.21. The highest BCUT2D eigenvalue weighted by Crippen LogP contribution is 2.27. The molecule has 5 heteroatoms. The molecule has 1 fully saturated rings. The number of likely N-dealkylation sites (N-methyl/N-ethyl adjacent to an activating group) is 1. The van der Waals surface area contributed by atoms with Gasteiger partial charge in [0.2, 0.25) is 10.0 Å². The monoisotopic (exact) mass is 330 g/mol. The quantitative estimate of drug-likeness (QED) is 0.869. The minimum absolute atomic E-state index is 0.0881. The van der Waals surface area contributed by atoms with Crippen LogP contribution in [-0.2, 0) is 10.0 Å². The van der Waals surface area contributed by atoms with Crippen LogP contribution in [0.25, 0.3) is 0 Å². The molecule has 2 aromatic rings. The fraction of sp³-hybridized carbons (Fsp3) is 0.333. The number of nitrogens with zero attached hydrogens (tertiary/aromatic N) is 2. The average Bonchev–Trinajstić information content (AvgIpc) is 2.56. The first-order valence-electron chi connectivity index (χ1n) is 7.80. The lowest BCUT2D eigenvalue weighted by molar-refractivity contribution is 0.148. The predicted octanol–water partition coefficient (Wildman–Crippen LogP) is 2.67. The van der Waals surface area contributed by atoms with E-state index in [1.807, 2.05) is 44.3 Å². The first kappa shape index (κ1) is 16.2. The Balaban J connectivity index is 1.87. The Morgan fingerprint density at radius 2 is 1.61 bits per heavy atom. The minimum atomic E-state index is -3.44. The maximum atomic E-state index is 12.9. The molecule has 0 N–H and O–H groups in total. The summed E-state index contributed by atoms with van der Waals surface area (Å²) in [5, 5.41) is 0. The molecule has 1 saturated heterocycles. The summed E-state index contributed by atoms with van der Waals surface area (Å²) >= 11 is 0. The fourth-order valence-electron chi connectivity index (χ4n) is 2.96. The van der Waals surface area contributed by atoms with Crippen molar-refractivity contribution in [3.05, 3.63) is 65.7 Å². The van der Waals surface area contributed by atoms with Gasteiger partial charge in [-0.15, -0.1) is 0 Å². The van der Waals surface area contributed by atoms with Gasteiger partial charge in [-0.2, -0.15) is 4.31 Å². The van der Waals surface area contributed by atoms with E-state index in [4.69, 9.17) is 0 Å². The van der Waals surface area contributed by atoms with Gasteiger partial charge in [0, 0.05) is 25.7 Å². The Morgan fingerprint density at radius 1 is 0.957 bits per heavy atom. The van der Waals surface area contributed by atoms with Gasteiger partial charge in [-0.3, -0.25) is 4.90 Å². The summed E-state index contributed by atoms with van der Waals surface area (Å²) in [4.78, 5) is 2.59. The Hall–Kier alpha value is -1.69. The highest BCUT2D eigenvalue weighted by molar-refractivity contribution is 7.89. The Kier molecular flexibility index (Phi) is 4.53. The predicted molar refractivity (Wildman–Crippen MR) is 91.8 cm³/mol. The van der Waals surface area contributed by atoms with Gasteiger partial charge in [0.05, 0.1) is 4.90 Å². The Morgan fingerprint density at radius 3 is 2.26 bits per heavy atom. The number of hydrogen-bond acceptors (Lipinski definition) is 3. The number of piperazine rings is 1. The molecule has 0 aromatic heterocycles. The van der Waals surface area contributed by atoms with E-state index in [2.05, 4.69) is 17.0 Å². The summed E-state index contributed by atoms with van der Waals surface area (Å²) in [7, 11) is -1.39. The van der Waals surface area contributed by atoms with Crippen LogP contribution in [0.15, 0.2) is 59.5 Å². The van der Waals surface area contributed by atoms with Crippen LogP contribution in [0.4, 0.5) is 0 Å². The van der Waals surface area contributed by atoms with Gasteiger partial charge in [-0.05, 0) is 31.7 Å². The maximum Gasteiger partial charge on any atom is 0.243 e. The number of rotatable bonds is 3. The SMILES string of the molecule is Cc1ccc(S(=O)(=O)N2CCN(C)C(c3ccccc3)C2)cc1. The molecule has 0 amide bonds. The Bertz CT molecular complexity index is 757. The zero-order valence-electron chi connectivity index (χ0n) is 13.5. The second-order valence-corrected chi connectivity index (χ2v) is 8.02. The van der Waals surface area contributed by atoms with Crippen molar-refractivity contribution in [3.63, 3.8) is 0 Å². The van der Waals surface area contributed by atoms with Crippen molar-refractivity contribution in [2.24, 2.45) is 0 Å². The second-order valence-electron chi connectivity index (χ2n) is 6.08. The molecule has 1 aliphatic rings. The lowest BCUT2D eigenvalue weighted by Gasteiger charge is -2.39. The van der Waals surface area contributed by atoms with E-state index in [1.165, 1.54) is 0 Å². The largest absolute Gasteiger partial charge is 0.297 e. The molecule has 122 valence electrons. The van der Waals surface area contributed by atoms with Crippen molar-refractivity contribution in [2.45, 2.75) is 17.9 Å². The molecular formula is C18H22N2O2S. The van der Waals surface area contributed by atoms with E-state index in [-0.39, 0.29) is 6.04 Å². The topological polar surface area (TPSA) is 40.6 Å². The van der Waals surface area contributed by atoms with Gasteiger partial charge in [0.25, 0.3) is 0 Å². The van der Waals surface area contributed by atoms with E-state index < -0.39 is 10.0 Å². The molecule has 3 rings (SSSR count). The highest BCUT2D eigenvalue weighted by atomic mass is 32.2. The van der Waals surface area contributed by atoms with Crippen LogP contribution in [0, 0.1) is 6.92 Å². The zero-order valence-corrected chi connectivity index (χ0v) is 14.3. The van der Waals surface area contributed by atoms with E-state index in [0.717, 1.165) is 17.7 Å². The van der Waals surface area contributed by atoms with Crippen LogP contribution in [0.2, 0.25) is 0 Å². The molecule has 1 heterocycles. The third-order valence-electron chi connectivity index (χ3n) is 4.45. The second kappa shape index (κ2) is 6.43. The van der Waals surface area contributed by atoms with Crippen molar-refractivity contribution in [1.82, 2.24) is 9.21 Å². The van der Waals surface area contributed by atoms with Crippen molar-refractivity contribution < 1.29 is 8.42 Å². The zero-order chi connectivity index (χ0) is 16.4. The molecule has 23 heavy (non-hydrogen) atoms. The third-order valence-corrected chi connectivity index (χ3v) is 6.33. The highest BCUT2D eigenvalue weighted by Gasteiger charge is 2.33. The third kappa shape index (κ3) is 3.32. The number of hydrogen-bond donors (Lipinski definition) is 0. The first-order valence-corrected chi connectivity index (χ1v) is 9.24. The van der Waals surface area contributed by atoms with Gasteiger partial charge in [0.15, 0.2) is 0 Å². The van der Waals surface area contributed by atoms with Crippen LogP contribution >= 0.6 is 0 Å². The van der Waals surface area contributed by atoms with Gasteiger partial charge >= 0.3 is 0 Å². The molecule has 0 bridgehead atoms. The van der Waals surface area contributed by atoms with Gasteiger partial charge < -0.3 is 0 Å². The summed E-state index contributed by atoms with van der Waals surface area (Å²) in [6, 6.07) is 17.3. The van der Waals surface area contributed by atoms with Crippen LogP contribution < -0.4 is 0 Å².